The maximum atomic E-state index is 11.3. The molecule has 1 heterocycles. The second-order valence-corrected chi connectivity index (χ2v) is 5.73. The van der Waals surface area contributed by atoms with Crippen LogP contribution in [-0.4, -0.2) is 21.4 Å². The predicted octanol–water partition coefficient (Wildman–Crippen LogP) is 4.09. The Morgan fingerprint density at radius 3 is 2.67 bits per heavy atom. The van der Waals surface area contributed by atoms with E-state index < -0.39 is 4.92 Å². The van der Waals surface area contributed by atoms with Gasteiger partial charge in [0, 0.05) is 15.5 Å². The molecule has 0 fully saturated rings. The number of anilines is 3. The summed E-state index contributed by atoms with van der Waals surface area (Å²) in [7, 11) is 0. The summed E-state index contributed by atoms with van der Waals surface area (Å²) in [5.41, 5.74) is 0.472. The lowest BCUT2D eigenvalue weighted by Crippen LogP contribution is -2.07. The zero-order valence-corrected chi connectivity index (χ0v) is 14.1. The van der Waals surface area contributed by atoms with Crippen LogP contribution in [0.15, 0.2) is 33.5 Å². The average molecular weight is 417 g/mol. The molecular formula is C12H11Br2N5O2. The fraction of sp³-hybridized carbons (Fsp3) is 0.167. The van der Waals surface area contributed by atoms with Crippen LogP contribution in [0.1, 0.15) is 6.92 Å². The topological polar surface area (TPSA) is 93.0 Å². The SMILES string of the molecule is CCNc1ncnc(Nc2cc(Br)ccc2Br)c1[N+](=O)[O-]. The van der Waals surface area contributed by atoms with Crippen LogP contribution in [0.5, 0.6) is 0 Å². The van der Waals surface area contributed by atoms with E-state index in [4.69, 9.17) is 0 Å². The van der Waals surface area contributed by atoms with Gasteiger partial charge in [0.1, 0.15) is 6.33 Å². The first-order valence-corrected chi connectivity index (χ1v) is 7.57. The van der Waals surface area contributed by atoms with Crippen LogP contribution in [0, 0.1) is 10.1 Å². The third-order valence-corrected chi connectivity index (χ3v) is 3.72. The molecule has 110 valence electrons. The molecule has 21 heavy (non-hydrogen) atoms. The van der Waals surface area contributed by atoms with Crippen molar-refractivity contribution in [3.63, 3.8) is 0 Å². The zero-order chi connectivity index (χ0) is 15.4. The van der Waals surface area contributed by atoms with Gasteiger partial charge in [-0.1, -0.05) is 15.9 Å². The molecule has 2 rings (SSSR count). The number of aromatic nitrogens is 2. The maximum Gasteiger partial charge on any atom is 0.353 e. The first kappa shape index (κ1) is 15.6. The number of hydrogen-bond acceptors (Lipinski definition) is 6. The highest BCUT2D eigenvalue weighted by Crippen LogP contribution is 2.34. The Morgan fingerprint density at radius 2 is 2.00 bits per heavy atom. The summed E-state index contributed by atoms with van der Waals surface area (Å²) in [4.78, 5) is 18.7. The molecule has 9 heteroatoms. The average Bonchev–Trinajstić information content (AvgIpc) is 2.43. The molecule has 0 spiro atoms. The lowest BCUT2D eigenvalue weighted by molar-refractivity contribution is -0.383. The van der Waals surface area contributed by atoms with Crippen molar-refractivity contribution in [3.8, 4) is 0 Å². The van der Waals surface area contributed by atoms with E-state index in [-0.39, 0.29) is 17.3 Å². The minimum atomic E-state index is -0.508. The van der Waals surface area contributed by atoms with Crippen molar-refractivity contribution in [2.75, 3.05) is 17.2 Å². The smallest absolute Gasteiger partial charge is 0.353 e. The number of nitrogens with zero attached hydrogens (tertiary/aromatic N) is 3. The van der Waals surface area contributed by atoms with Gasteiger partial charge in [-0.2, -0.15) is 0 Å². The standard InChI is InChI=1S/C12H11Br2N5O2/c1-2-15-11-10(19(20)21)12(17-6-16-11)18-9-5-7(13)3-4-8(9)14/h3-6H,2H2,1H3,(H2,15,16,17,18). The maximum absolute atomic E-state index is 11.3. The van der Waals surface area contributed by atoms with Gasteiger partial charge in [0.2, 0.25) is 11.6 Å². The van der Waals surface area contributed by atoms with E-state index in [2.05, 4.69) is 52.5 Å². The van der Waals surface area contributed by atoms with Crippen molar-refractivity contribution in [2.45, 2.75) is 6.92 Å². The second-order valence-electron chi connectivity index (χ2n) is 3.96. The molecule has 0 unspecified atom stereocenters. The number of nitro groups is 1. The van der Waals surface area contributed by atoms with Crippen LogP contribution in [0.3, 0.4) is 0 Å². The molecule has 0 aliphatic carbocycles. The fourth-order valence-electron chi connectivity index (χ4n) is 1.66. The molecule has 0 atom stereocenters. The van der Waals surface area contributed by atoms with Crippen molar-refractivity contribution in [1.82, 2.24) is 9.97 Å². The molecule has 0 saturated carbocycles. The summed E-state index contributed by atoms with van der Waals surface area (Å²) in [6.07, 6.45) is 1.28. The third kappa shape index (κ3) is 3.67. The molecular weight excluding hydrogens is 406 g/mol. The Morgan fingerprint density at radius 1 is 1.29 bits per heavy atom. The summed E-state index contributed by atoms with van der Waals surface area (Å²) in [5, 5.41) is 17.1. The third-order valence-electron chi connectivity index (χ3n) is 2.53. The van der Waals surface area contributed by atoms with E-state index in [1.165, 1.54) is 6.33 Å². The van der Waals surface area contributed by atoms with Gasteiger partial charge in [-0.25, -0.2) is 9.97 Å². The Bertz CT molecular complexity index is 681. The van der Waals surface area contributed by atoms with Gasteiger partial charge in [-0.3, -0.25) is 10.1 Å². The number of nitrogens with one attached hydrogen (secondary N) is 2. The van der Waals surface area contributed by atoms with Crippen LogP contribution < -0.4 is 10.6 Å². The molecule has 0 aliphatic heterocycles. The predicted molar refractivity (Wildman–Crippen MR) is 88.0 cm³/mol. The van der Waals surface area contributed by atoms with E-state index in [0.29, 0.717) is 12.2 Å². The lowest BCUT2D eigenvalue weighted by Gasteiger charge is -2.10. The van der Waals surface area contributed by atoms with Gasteiger partial charge in [0.15, 0.2) is 0 Å². The lowest BCUT2D eigenvalue weighted by atomic mass is 10.3. The zero-order valence-electron chi connectivity index (χ0n) is 10.9. The summed E-state index contributed by atoms with van der Waals surface area (Å²) in [6.45, 7) is 2.36. The Kier molecular flexibility index (Phi) is 5.07. The van der Waals surface area contributed by atoms with Crippen LogP contribution in [0.4, 0.5) is 23.0 Å². The molecule has 2 aromatic rings. The van der Waals surface area contributed by atoms with E-state index in [9.17, 15) is 10.1 Å². The summed E-state index contributed by atoms with van der Waals surface area (Å²) >= 11 is 6.74. The molecule has 0 radical (unpaired) electrons. The first-order valence-electron chi connectivity index (χ1n) is 5.98. The van der Waals surface area contributed by atoms with Gasteiger partial charge in [-0.15, -0.1) is 0 Å². The molecule has 0 amide bonds. The summed E-state index contributed by atoms with van der Waals surface area (Å²) in [6, 6.07) is 5.47. The van der Waals surface area contributed by atoms with Gasteiger partial charge >= 0.3 is 5.69 Å². The van der Waals surface area contributed by atoms with Crippen molar-refractivity contribution >= 4 is 54.9 Å². The van der Waals surface area contributed by atoms with Crippen molar-refractivity contribution in [1.29, 1.82) is 0 Å². The fourth-order valence-corrected chi connectivity index (χ4v) is 2.37. The minimum absolute atomic E-state index is 0.129. The molecule has 1 aromatic carbocycles. The van der Waals surface area contributed by atoms with Crippen LogP contribution in [-0.2, 0) is 0 Å². The molecule has 2 N–H and O–H groups in total. The number of benzene rings is 1. The monoisotopic (exact) mass is 415 g/mol. The van der Waals surface area contributed by atoms with Crippen LogP contribution in [0.2, 0.25) is 0 Å². The Balaban J connectivity index is 2.46. The number of rotatable bonds is 5. The molecule has 0 aliphatic rings. The summed E-state index contributed by atoms with van der Waals surface area (Å²) < 4.78 is 1.61. The van der Waals surface area contributed by atoms with Gasteiger partial charge in [0.05, 0.1) is 10.6 Å². The van der Waals surface area contributed by atoms with Crippen molar-refractivity contribution in [2.24, 2.45) is 0 Å². The Hall–Kier alpha value is -1.74. The second kappa shape index (κ2) is 6.81. The van der Waals surface area contributed by atoms with Crippen LogP contribution >= 0.6 is 31.9 Å². The van der Waals surface area contributed by atoms with Crippen molar-refractivity contribution < 1.29 is 4.92 Å². The highest BCUT2D eigenvalue weighted by Gasteiger charge is 2.23. The van der Waals surface area contributed by atoms with Gasteiger partial charge in [0.25, 0.3) is 0 Å². The number of hydrogen-bond donors (Lipinski definition) is 2. The molecule has 7 nitrogen and oxygen atoms in total. The molecule has 0 bridgehead atoms. The van der Waals surface area contributed by atoms with E-state index in [1.54, 1.807) is 6.07 Å². The first-order chi connectivity index (χ1) is 10.0. The van der Waals surface area contributed by atoms with Gasteiger partial charge < -0.3 is 10.6 Å². The summed E-state index contributed by atoms with van der Waals surface area (Å²) in [5.74, 6) is 0.316. The minimum Gasteiger partial charge on any atom is -0.364 e. The highest BCUT2D eigenvalue weighted by molar-refractivity contribution is 9.11. The quantitative estimate of drug-likeness (QED) is 0.563. The number of halogens is 2. The van der Waals surface area contributed by atoms with Gasteiger partial charge in [-0.05, 0) is 41.1 Å². The normalized spacial score (nSPS) is 10.2. The highest BCUT2D eigenvalue weighted by atomic mass is 79.9. The molecule has 1 aromatic heterocycles. The molecule has 0 saturated heterocycles. The van der Waals surface area contributed by atoms with Crippen LogP contribution in [0.25, 0.3) is 0 Å². The largest absolute Gasteiger partial charge is 0.364 e. The van der Waals surface area contributed by atoms with E-state index >= 15 is 0 Å². The van der Waals surface area contributed by atoms with E-state index in [0.717, 1.165) is 8.95 Å². The Labute approximate surface area is 137 Å². The van der Waals surface area contributed by atoms with E-state index in [1.807, 2.05) is 19.1 Å². The van der Waals surface area contributed by atoms with Crippen molar-refractivity contribution in [3.05, 3.63) is 43.6 Å².